The molecule has 7 nitrogen and oxygen atoms in total. The first kappa shape index (κ1) is 16.8. The van der Waals surface area contributed by atoms with Gasteiger partial charge in [0.25, 0.3) is 11.1 Å². The monoisotopic (exact) mass is 350 g/mol. The topological polar surface area (TPSA) is 78.7 Å². The number of nitrogens with one attached hydrogen (secondary N) is 1. The molecule has 0 bridgehead atoms. The summed E-state index contributed by atoms with van der Waals surface area (Å²) in [5.41, 5.74) is 0.639. The molecule has 2 aliphatic rings. The molecule has 2 amide bonds. The van der Waals surface area contributed by atoms with Crippen molar-refractivity contribution in [1.82, 2.24) is 10.2 Å². The Balaban J connectivity index is 1.46. The molecule has 0 aromatic heterocycles. The number of fused-ring (bicyclic) bond motifs is 1. The summed E-state index contributed by atoms with van der Waals surface area (Å²) >= 11 is 1.48. The van der Waals surface area contributed by atoms with Crippen molar-refractivity contribution in [2.45, 2.75) is 29.5 Å². The molecule has 128 valence electrons. The summed E-state index contributed by atoms with van der Waals surface area (Å²) in [5.74, 6) is 0.579. The maximum absolute atomic E-state index is 12.3. The van der Waals surface area contributed by atoms with Crippen LogP contribution in [0, 0.1) is 4.91 Å². The van der Waals surface area contributed by atoms with E-state index in [4.69, 9.17) is 4.74 Å². The van der Waals surface area contributed by atoms with Crippen molar-refractivity contribution in [1.29, 1.82) is 0 Å². The minimum absolute atomic E-state index is 0.0339. The first-order valence-corrected chi connectivity index (χ1v) is 8.82. The van der Waals surface area contributed by atoms with E-state index in [0.29, 0.717) is 31.6 Å². The van der Waals surface area contributed by atoms with Crippen LogP contribution in [0.4, 0.5) is 5.69 Å². The molecule has 3 rings (SSSR count). The van der Waals surface area contributed by atoms with Gasteiger partial charge in [0.2, 0.25) is 11.8 Å². The lowest BCUT2D eigenvalue weighted by atomic mass is 10.3. The van der Waals surface area contributed by atoms with E-state index in [9.17, 15) is 14.5 Å². The van der Waals surface area contributed by atoms with Crippen LogP contribution in [0.15, 0.2) is 23.1 Å². The van der Waals surface area contributed by atoms with Crippen LogP contribution in [0.2, 0.25) is 0 Å². The number of nitrogens with zero attached hydrogens (tertiary/aromatic N) is 2. The fraction of sp³-hybridized carbons (Fsp3) is 0.500. The van der Waals surface area contributed by atoms with Crippen molar-refractivity contribution in [2.24, 2.45) is 0 Å². The first-order valence-electron chi connectivity index (χ1n) is 7.94. The van der Waals surface area contributed by atoms with E-state index < -0.39 is 0 Å². The molecule has 2 aliphatic heterocycles. The predicted molar refractivity (Wildman–Crippen MR) is 89.4 cm³/mol. The number of carbonyl (C=O) groups is 2. The molecule has 8 heteroatoms. The van der Waals surface area contributed by atoms with Crippen molar-refractivity contribution in [3.05, 3.63) is 23.1 Å². The van der Waals surface area contributed by atoms with Crippen molar-refractivity contribution in [3.8, 4) is 5.75 Å². The van der Waals surface area contributed by atoms with Crippen LogP contribution in [-0.2, 0) is 9.59 Å². The van der Waals surface area contributed by atoms with Gasteiger partial charge in [0.15, 0.2) is 0 Å². The predicted octanol–water partition coefficient (Wildman–Crippen LogP) is 1.67. The summed E-state index contributed by atoms with van der Waals surface area (Å²) in [4.78, 5) is 38.1. The zero-order valence-electron chi connectivity index (χ0n) is 13.5. The first-order chi connectivity index (χ1) is 11.6. The maximum atomic E-state index is 12.3. The Hall–Kier alpha value is -2.09. The number of thioether (sulfide) groups is 1. The normalized spacial score (nSPS) is 19.5. The molecule has 0 saturated carbocycles. The van der Waals surface area contributed by atoms with Crippen molar-refractivity contribution in [3.63, 3.8) is 0 Å². The van der Waals surface area contributed by atoms with Gasteiger partial charge in [-0.25, -0.2) is 0 Å². The van der Waals surface area contributed by atoms with Crippen LogP contribution < -0.4 is 10.1 Å². The molecular weight excluding hydrogens is 330 g/mol. The second-order valence-corrected chi connectivity index (χ2v) is 7.01. The van der Waals surface area contributed by atoms with Gasteiger partial charge in [0.1, 0.15) is 5.75 Å². The van der Waals surface area contributed by atoms with Crippen LogP contribution >= 0.6 is 11.8 Å². The summed E-state index contributed by atoms with van der Waals surface area (Å²) in [5, 5.41) is 2.53. The molecule has 0 radical (unpaired) electrons. The SMILES string of the molecule is COc1ccc2c(c1)SC(CCNC(=O)CN1CCCC1=O)[N+]2=O. The Morgan fingerprint density at radius 1 is 1.50 bits per heavy atom. The number of ether oxygens (including phenoxy) is 1. The number of hydrogen-bond acceptors (Lipinski definition) is 5. The zero-order valence-corrected chi connectivity index (χ0v) is 14.3. The minimum atomic E-state index is -0.263. The van der Waals surface area contributed by atoms with E-state index in [2.05, 4.69) is 5.32 Å². The molecule has 1 N–H and O–H groups in total. The number of likely N-dealkylation sites (tertiary alicyclic amines) is 1. The number of methoxy groups -OCH3 is 1. The largest absolute Gasteiger partial charge is 0.497 e. The molecule has 2 heterocycles. The highest BCUT2D eigenvalue weighted by Crippen LogP contribution is 2.44. The zero-order chi connectivity index (χ0) is 17.1. The summed E-state index contributed by atoms with van der Waals surface area (Å²) in [7, 11) is 1.59. The summed E-state index contributed by atoms with van der Waals surface area (Å²) in [6.45, 7) is 1.16. The molecule has 24 heavy (non-hydrogen) atoms. The summed E-state index contributed by atoms with van der Waals surface area (Å²) in [6, 6.07) is 5.37. The van der Waals surface area contributed by atoms with Gasteiger partial charge in [-0.3, -0.25) is 9.59 Å². The number of benzene rings is 1. The van der Waals surface area contributed by atoms with Gasteiger partial charge in [0, 0.05) is 43.0 Å². The van der Waals surface area contributed by atoms with Gasteiger partial charge in [-0.2, -0.15) is 0 Å². The highest BCUT2D eigenvalue weighted by molar-refractivity contribution is 8.00. The second kappa shape index (κ2) is 7.21. The molecule has 1 saturated heterocycles. The Morgan fingerprint density at radius 3 is 3.04 bits per heavy atom. The lowest BCUT2D eigenvalue weighted by Gasteiger charge is -2.14. The number of rotatable bonds is 6. The van der Waals surface area contributed by atoms with Gasteiger partial charge >= 0.3 is 0 Å². The third kappa shape index (κ3) is 3.53. The molecule has 1 aromatic carbocycles. The standard InChI is InChI=1S/C16H19N3O4S/c1-23-11-4-5-12-13(9-11)24-16(19(12)22)6-7-17-14(20)10-18-8-2-3-15(18)21/h4-5,9,16H,2-3,6-8,10H2,1H3/p+1. The number of amides is 2. The van der Waals surface area contributed by atoms with Gasteiger partial charge in [-0.05, 0) is 24.2 Å². The molecule has 1 aromatic rings. The average Bonchev–Trinajstić information content (AvgIpc) is 3.11. The van der Waals surface area contributed by atoms with Crippen LogP contribution in [0.1, 0.15) is 19.3 Å². The van der Waals surface area contributed by atoms with E-state index >= 15 is 0 Å². The second-order valence-electron chi connectivity index (χ2n) is 5.79. The number of nitroso groups, excluding NO2 is 1. The van der Waals surface area contributed by atoms with Crippen molar-refractivity contribution >= 4 is 29.3 Å². The summed E-state index contributed by atoms with van der Waals surface area (Å²) < 4.78 is 6.15. The molecule has 1 atom stereocenters. The van der Waals surface area contributed by atoms with Crippen molar-refractivity contribution in [2.75, 3.05) is 26.7 Å². The van der Waals surface area contributed by atoms with E-state index in [-0.39, 0.29) is 23.7 Å². The molecular formula is C16H20N3O4S+. The van der Waals surface area contributed by atoms with E-state index in [1.807, 2.05) is 6.07 Å². The molecule has 1 fully saturated rings. The van der Waals surface area contributed by atoms with Gasteiger partial charge in [-0.1, -0.05) is 0 Å². The van der Waals surface area contributed by atoms with Crippen LogP contribution in [-0.4, -0.2) is 53.6 Å². The van der Waals surface area contributed by atoms with E-state index in [1.54, 1.807) is 24.1 Å². The van der Waals surface area contributed by atoms with Gasteiger partial charge in [0.05, 0.1) is 23.3 Å². The number of hydrogen-bond donors (Lipinski definition) is 1. The Morgan fingerprint density at radius 2 is 2.33 bits per heavy atom. The molecule has 0 spiro atoms. The minimum Gasteiger partial charge on any atom is -0.497 e. The third-order valence-corrected chi connectivity index (χ3v) is 5.43. The number of carbonyl (C=O) groups excluding carboxylic acids is 2. The highest BCUT2D eigenvalue weighted by Gasteiger charge is 2.39. The maximum Gasteiger partial charge on any atom is 0.271 e. The Bertz CT molecular complexity index is 679. The smallest absolute Gasteiger partial charge is 0.271 e. The fourth-order valence-corrected chi connectivity index (χ4v) is 4.06. The van der Waals surface area contributed by atoms with Crippen LogP contribution in [0.25, 0.3) is 0 Å². The fourth-order valence-electron chi connectivity index (χ4n) is 2.86. The molecule has 1 unspecified atom stereocenters. The van der Waals surface area contributed by atoms with Gasteiger partial charge < -0.3 is 15.0 Å². The summed E-state index contributed by atoms with van der Waals surface area (Å²) in [6.07, 6.45) is 1.88. The van der Waals surface area contributed by atoms with E-state index in [0.717, 1.165) is 21.8 Å². The highest BCUT2D eigenvalue weighted by atomic mass is 32.2. The van der Waals surface area contributed by atoms with Crippen LogP contribution in [0.3, 0.4) is 0 Å². The average molecular weight is 350 g/mol. The van der Waals surface area contributed by atoms with Crippen LogP contribution in [0.5, 0.6) is 5.75 Å². The Kier molecular flexibility index (Phi) is 5.03. The molecule has 0 aliphatic carbocycles. The lowest BCUT2D eigenvalue weighted by Crippen LogP contribution is -2.38. The third-order valence-electron chi connectivity index (χ3n) is 4.15. The van der Waals surface area contributed by atoms with E-state index in [1.165, 1.54) is 11.8 Å². The van der Waals surface area contributed by atoms with Crippen molar-refractivity contribution < 1.29 is 19.1 Å². The lowest BCUT2D eigenvalue weighted by molar-refractivity contribution is -0.476. The Labute approximate surface area is 144 Å². The quantitative estimate of drug-likeness (QED) is 0.790. The van der Waals surface area contributed by atoms with Gasteiger partial charge in [-0.15, -0.1) is 0 Å².